The molecule has 0 bridgehead atoms. The average molecular weight is 389 g/mol. The lowest BCUT2D eigenvalue weighted by Crippen LogP contribution is -1.98. The monoisotopic (exact) mass is 388 g/mol. The van der Waals surface area contributed by atoms with E-state index in [1.165, 1.54) is 0 Å². The van der Waals surface area contributed by atoms with Gasteiger partial charge in [0.1, 0.15) is 6.61 Å². The molecule has 0 saturated carbocycles. The summed E-state index contributed by atoms with van der Waals surface area (Å²) in [4.78, 5) is 5.29. The van der Waals surface area contributed by atoms with Crippen LogP contribution in [0.4, 0.5) is 0 Å². The van der Waals surface area contributed by atoms with Crippen LogP contribution >= 0.6 is 15.9 Å². The third-order valence-electron chi connectivity index (χ3n) is 3.17. The molecule has 0 aliphatic heterocycles. The Bertz CT molecular complexity index is 769. The van der Waals surface area contributed by atoms with E-state index in [4.69, 9.17) is 19.6 Å². The summed E-state index contributed by atoms with van der Waals surface area (Å²) in [6.45, 7) is 2.69. The Hall–Kier alpha value is -2.52. The second kappa shape index (κ2) is 8.94. The van der Waals surface area contributed by atoms with Crippen LogP contribution in [0.5, 0.6) is 11.5 Å². The van der Waals surface area contributed by atoms with Crippen molar-refractivity contribution in [3.63, 3.8) is 0 Å². The summed E-state index contributed by atoms with van der Waals surface area (Å²) in [5.74, 6) is 1.27. The summed E-state index contributed by atoms with van der Waals surface area (Å²) in [7, 11) is 1.58. The van der Waals surface area contributed by atoms with Crippen molar-refractivity contribution in [1.29, 1.82) is 5.26 Å². The first-order valence-corrected chi connectivity index (χ1v) is 8.12. The summed E-state index contributed by atoms with van der Waals surface area (Å²) in [6.07, 6.45) is 1.58. The van der Waals surface area contributed by atoms with Crippen LogP contribution in [0.25, 0.3) is 0 Å². The maximum atomic E-state index is 9.04. The topological polar surface area (TPSA) is 63.8 Å². The molecule has 24 heavy (non-hydrogen) atoms. The maximum absolute atomic E-state index is 9.04. The normalized spacial score (nSPS) is 10.4. The van der Waals surface area contributed by atoms with Gasteiger partial charge >= 0.3 is 0 Å². The molecule has 0 radical (unpaired) electrons. The van der Waals surface area contributed by atoms with Crippen molar-refractivity contribution in [2.24, 2.45) is 5.16 Å². The van der Waals surface area contributed by atoms with E-state index in [-0.39, 0.29) is 6.61 Å². The third-order valence-corrected chi connectivity index (χ3v) is 3.76. The molecule has 0 N–H and O–H groups in total. The highest BCUT2D eigenvalue weighted by atomic mass is 79.9. The van der Waals surface area contributed by atoms with E-state index in [1.807, 2.05) is 37.3 Å². The summed E-state index contributed by atoms with van der Waals surface area (Å²) in [5.41, 5.74) is 2.18. The van der Waals surface area contributed by atoms with Gasteiger partial charge in [-0.3, -0.25) is 0 Å². The molecular weight excluding hydrogens is 372 g/mol. The number of ether oxygens (including phenoxy) is 2. The Balaban J connectivity index is 2.07. The van der Waals surface area contributed by atoms with Crippen LogP contribution in [0.1, 0.15) is 23.6 Å². The van der Waals surface area contributed by atoms with Gasteiger partial charge in [0, 0.05) is 11.1 Å². The number of hydrogen-bond donors (Lipinski definition) is 0. The lowest BCUT2D eigenvalue weighted by Gasteiger charge is -2.11. The van der Waals surface area contributed by atoms with Crippen molar-refractivity contribution in [3.8, 4) is 17.6 Å². The molecule has 2 aromatic rings. The van der Waals surface area contributed by atoms with E-state index in [9.17, 15) is 0 Å². The smallest absolute Gasteiger partial charge is 0.175 e. The highest BCUT2D eigenvalue weighted by molar-refractivity contribution is 9.10. The summed E-state index contributed by atoms with van der Waals surface area (Å²) < 4.78 is 11.7. The van der Waals surface area contributed by atoms with Gasteiger partial charge in [-0.2, -0.15) is 5.26 Å². The van der Waals surface area contributed by atoms with Gasteiger partial charge in [0.15, 0.2) is 11.5 Å². The maximum Gasteiger partial charge on any atom is 0.175 e. The van der Waals surface area contributed by atoms with E-state index in [1.54, 1.807) is 19.4 Å². The highest BCUT2D eigenvalue weighted by Gasteiger charge is 2.10. The number of oxime groups is 1. The molecule has 0 fully saturated rings. The van der Waals surface area contributed by atoms with Crippen LogP contribution in [0.3, 0.4) is 0 Å². The molecule has 0 amide bonds. The summed E-state index contributed by atoms with van der Waals surface area (Å²) >= 11 is 3.46. The fourth-order valence-electron chi connectivity index (χ4n) is 2.06. The first-order valence-electron chi connectivity index (χ1n) is 7.33. The molecule has 2 rings (SSSR count). The zero-order chi connectivity index (χ0) is 17.4. The molecule has 124 valence electrons. The number of hydrogen-bond acceptors (Lipinski definition) is 5. The number of nitrogens with zero attached hydrogens (tertiary/aromatic N) is 2. The van der Waals surface area contributed by atoms with E-state index < -0.39 is 0 Å². The van der Waals surface area contributed by atoms with Gasteiger partial charge < -0.3 is 14.3 Å². The molecule has 0 unspecified atom stereocenters. The van der Waals surface area contributed by atoms with Gasteiger partial charge in [-0.15, -0.1) is 0 Å². The highest BCUT2D eigenvalue weighted by Crippen LogP contribution is 2.36. The number of methoxy groups -OCH3 is 1. The fourth-order valence-corrected chi connectivity index (χ4v) is 2.63. The molecule has 0 saturated heterocycles. The number of rotatable bonds is 7. The minimum absolute atomic E-state index is 0.232. The molecule has 6 heteroatoms. The molecule has 2 aromatic carbocycles. The van der Waals surface area contributed by atoms with Crippen molar-refractivity contribution in [2.45, 2.75) is 13.5 Å². The zero-order valence-electron chi connectivity index (χ0n) is 13.5. The predicted molar refractivity (Wildman–Crippen MR) is 95.4 cm³/mol. The Labute approximate surface area is 149 Å². The van der Waals surface area contributed by atoms with Crippen LogP contribution in [-0.4, -0.2) is 19.9 Å². The molecule has 0 aliphatic carbocycles. The number of benzene rings is 2. The van der Waals surface area contributed by atoms with E-state index >= 15 is 0 Å². The second-order valence-corrected chi connectivity index (χ2v) is 5.60. The largest absolute Gasteiger partial charge is 0.493 e. The van der Waals surface area contributed by atoms with Crippen LogP contribution in [0.2, 0.25) is 0 Å². The standard InChI is InChI=1S/C18H17BrN2O3/c1-3-23-18-16(19)8-13(9-17(18)22-2)11-21-24-12-15-7-5-4-6-14(15)10-20/h4-9,11H,3,12H2,1-2H3/b21-11-. The molecule has 0 spiro atoms. The predicted octanol–water partition coefficient (Wildman–Crippen LogP) is 4.28. The van der Waals surface area contributed by atoms with Gasteiger partial charge in [0.05, 0.1) is 36.0 Å². The van der Waals surface area contributed by atoms with Crippen LogP contribution in [-0.2, 0) is 11.4 Å². The zero-order valence-corrected chi connectivity index (χ0v) is 15.0. The minimum Gasteiger partial charge on any atom is -0.493 e. The van der Waals surface area contributed by atoms with Gasteiger partial charge in [0.25, 0.3) is 0 Å². The second-order valence-electron chi connectivity index (χ2n) is 4.74. The van der Waals surface area contributed by atoms with Crippen molar-refractivity contribution in [1.82, 2.24) is 0 Å². The van der Waals surface area contributed by atoms with Crippen molar-refractivity contribution in [2.75, 3.05) is 13.7 Å². The molecular formula is C18H17BrN2O3. The molecule has 5 nitrogen and oxygen atoms in total. The Morgan fingerprint density at radius 3 is 2.79 bits per heavy atom. The van der Waals surface area contributed by atoms with Crippen LogP contribution < -0.4 is 9.47 Å². The fraction of sp³-hybridized carbons (Fsp3) is 0.222. The molecule has 0 heterocycles. The third kappa shape index (κ3) is 4.49. The van der Waals surface area contributed by atoms with Crippen molar-refractivity contribution >= 4 is 22.1 Å². The summed E-state index contributed by atoms with van der Waals surface area (Å²) in [6, 6.07) is 13.1. The Kier molecular flexibility index (Phi) is 6.64. The minimum atomic E-state index is 0.232. The molecule has 0 aliphatic rings. The molecule has 0 aromatic heterocycles. The average Bonchev–Trinajstić information content (AvgIpc) is 2.61. The summed E-state index contributed by atoms with van der Waals surface area (Å²) in [5, 5.41) is 13.0. The van der Waals surface area contributed by atoms with Gasteiger partial charge in [-0.25, -0.2) is 0 Å². The van der Waals surface area contributed by atoms with Crippen LogP contribution in [0.15, 0.2) is 46.0 Å². The van der Waals surface area contributed by atoms with Gasteiger partial charge in [-0.05, 0) is 41.1 Å². The van der Waals surface area contributed by atoms with E-state index in [0.717, 1.165) is 15.6 Å². The Morgan fingerprint density at radius 2 is 2.08 bits per heavy atom. The van der Waals surface area contributed by atoms with Gasteiger partial charge in [-0.1, -0.05) is 23.4 Å². The Morgan fingerprint density at radius 1 is 1.29 bits per heavy atom. The van der Waals surface area contributed by atoms with E-state index in [0.29, 0.717) is 23.7 Å². The lowest BCUT2D eigenvalue weighted by molar-refractivity contribution is 0.132. The lowest BCUT2D eigenvalue weighted by atomic mass is 10.1. The van der Waals surface area contributed by atoms with Crippen molar-refractivity contribution in [3.05, 3.63) is 57.6 Å². The number of nitriles is 1. The molecule has 0 atom stereocenters. The van der Waals surface area contributed by atoms with Gasteiger partial charge in [0.2, 0.25) is 0 Å². The van der Waals surface area contributed by atoms with Crippen LogP contribution in [0, 0.1) is 11.3 Å². The van der Waals surface area contributed by atoms with E-state index in [2.05, 4.69) is 27.2 Å². The first kappa shape index (κ1) is 17.8. The SMILES string of the molecule is CCOc1c(Br)cc(/C=N\OCc2ccccc2C#N)cc1OC. The first-order chi connectivity index (χ1) is 11.7. The number of halogens is 1. The van der Waals surface area contributed by atoms with Crippen molar-refractivity contribution < 1.29 is 14.3 Å². The quantitative estimate of drug-likeness (QED) is 0.524.